The summed E-state index contributed by atoms with van der Waals surface area (Å²) < 4.78 is 0. The van der Waals surface area contributed by atoms with E-state index in [-0.39, 0.29) is 18.4 Å². The number of amides is 2. The molecule has 7 nitrogen and oxygen atoms in total. The minimum Gasteiger partial charge on any atom is -0.374 e. The van der Waals surface area contributed by atoms with Gasteiger partial charge in [0.2, 0.25) is 11.0 Å². The van der Waals surface area contributed by atoms with E-state index in [1.807, 2.05) is 0 Å². The molecular weight excluding hydrogens is 278 g/mol. The van der Waals surface area contributed by atoms with Gasteiger partial charge in [-0.3, -0.25) is 9.59 Å². The van der Waals surface area contributed by atoms with Gasteiger partial charge >= 0.3 is 0 Å². The van der Waals surface area contributed by atoms with Crippen molar-refractivity contribution in [3.8, 4) is 0 Å². The maximum atomic E-state index is 11.9. The summed E-state index contributed by atoms with van der Waals surface area (Å²) in [4.78, 5) is 22.8. The monoisotopic (exact) mass is 291 g/mol. The van der Waals surface area contributed by atoms with Gasteiger partial charge in [0.25, 0.3) is 5.91 Å². The van der Waals surface area contributed by atoms with E-state index in [1.165, 1.54) is 18.3 Å². The maximum absolute atomic E-state index is 11.9. The number of rotatable bonds is 4. The van der Waals surface area contributed by atoms with Crippen LogP contribution in [0.2, 0.25) is 0 Å². The molecule has 0 aliphatic rings. The van der Waals surface area contributed by atoms with Crippen LogP contribution in [-0.2, 0) is 11.3 Å². The van der Waals surface area contributed by atoms with Gasteiger partial charge < -0.3 is 16.4 Å². The Hall–Kier alpha value is -2.48. The number of anilines is 2. The van der Waals surface area contributed by atoms with Crippen molar-refractivity contribution in [3.05, 3.63) is 34.8 Å². The molecule has 0 atom stereocenters. The topological polar surface area (TPSA) is 110 Å². The van der Waals surface area contributed by atoms with E-state index in [0.29, 0.717) is 21.4 Å². The number of aromatic nitrogens is 2. The van der Waals surface area contributed by atoms with Gasteiger partial charge in [0.1, 0.15) is 5.01 Å². The van der Waals surface area contributed by atoms with E-state index in [4.69, 9.17) is 5.73 Å². The molecule has 0 aliphatic heterocycles. The zero-order valence-corrected chi connectivity index (χ0v) is 11.5. The first-order valence-corrected chi connectivity index (χ1v) is 6.60. The third kappa shape index (κ3) is 3.75. The standard InChI is InChI=1S/C12H13N5O2S/c1-7(18)15-9-4-2-8(3-5-9)11(19)14-6-10-16-17-12(13)20-10/h2-5H,6H2,1H3,(H2,13,17)(H,14,19)(H,15,18). The number of carbonyl (C=O) groups excluding carboxylic acids is 2. The largest absolute Gasteiger partial charge is 0.374 e. The van der Waals surface area contributed by atoms with E-state index in [9.17, 15) is 9.59 Å². The average Bonchev–Trinajstić information content (AvgIpc) is 2.82. The van der Waals surface area contributed by atoms with Crippen molar-refractivity contribution in [2.24, 2.45) is 0 Å². The maximum Gasteiger partial charge on any atom is 0.251 e. The van der Waals surface area contributed by atoms with Crippen LogP contribution in [0.15, 0.2) is 24.3 Å². The minimum atomic E-state index is -0.229. The van der Waals surface area contributed by atoms with Gasteiger partial charge in [-0.1, -0.05) is 11.3 Å². The molecule has 1 aromatic heterocycles. The lowest BCUT2D eigenvalue weighted by atomic mass is 10.2. The highest BCUT2D eigenvalue weighted by molar-refractivity contribution is 7.15. The van der Waals surface area contributed by atoms with Crippen LogP contribution in [0.5, 0.6) is 0 Å². The zero-order valence-electron chi connectivity index (χ0n) is 10.7. The van der Waals surface area contributed by atoms with Gasteiger partial charge in [0, 0.05) is 18.2 Å². The van der Waals surface area contributed by atoms with Crippen LogP contribution in [0.4, 0.5) is 10.8 Å². The Kier molecular flexibility index (Phi) is 4.26. The van der Waals surface area contributed by atoms with Crippen molar-refractivity contribution in [2.75, 3.05) is 11.1 Å². The molecule has 0 fully saturated rings. The Labute approximate surface area is 119 Å². The predicted molar refractivity (Wildman–Crippen MR) is 76.2 cm³/mol. The summed E-state index contributed by atoms with van der Waals surface area (Å²) in [6, 6.07) is 6.60. The summed E-state index contributed by atoms with van der Waals surface area (Å²) in [6.45, 7) is 1.70. The second kappa shape index (κ2) is 6.11. The lowest BCUT2D eigenvalue weighted by molar-refractivity contribution is -0.114. The van der Waals surface area contributed by atoms with Gasteiger partial charge in [0.15, 0.2) is 0 Å². The van der Waals surface area contributed by atoms with Crippen LogP contribution in [0.25, 0.3) is 0 Å². The molecule has 0 saturated carbocycles. The van der Waals surface area contributed by atoms with E-state index in [1.54, 1.807) is 24.3 Å². The van der Waals surface area contributed by atoms with Crippen LogP contribution < -0.4 is 16.4 Å². The fraction of sp³-hybridized carbons (Fsp3) is 0.167. The normalized spacial score (nSPS) is 10.1. The van der Waals surface area contributed by atoms with Crippen molar-refractivity contribution in [1.29, 1.82) is 0 Å². The number of nitrogen functional groups attached to an aromatic ring is 1. The SMILES string of the molecule is CC(=O)Nc1ccc(C(=O)NCc2nnc(N)s2)cc1. The first-order chi connectivity index (χ1) is 9.54. The first kappa shape index (κ1) is 13.9. The van der Waals surface area contributed by atoms with Gasteiger partial charge in [-0.15, -0.1) is 10.2 Å². The molecule has 0 unspecified atom stereocenters. The van der Waals surface area contributed by atoms with E-state index >= 15 is 0 Å². The Balaban J connectivity index is 1.93. The fourth-order valence-electron chi connectivity index (χ4n) is 1.50. The second-order valence-electron chi connectivity index (χ2n) is 3.98. The van der Waals surface area contributed by atoms with Crippen molar-refractivity contribution in [3.63, 3.8) is 0 Å². The third-order valence-electron chi connectivity index (χ3n) is 2.35. The number of benzene rings is 1. The van der Waals surface area contributed by atoms with Gasteiger partial charge in [-0.05, 0) is 24.3 Å². The lowest BCUT2D eigenvalue weighted by Gasteiger charge is -2.05. The molecular formula is C12H13N5O2S. The highest BCUT2D eigenvalue weighted by atomic mass is 32.1. The molecule has 8 heteroatoms. The van der Waals surface area contributed by atoms with Crippen molar-refractivity contribution in [1.82, 2.24) is 15.5 Å². The van der Waals surface area contributed by atoms with Gasteiger partial charge in [0.05, 0.1) is 6.54 Å². The van der Waals surface area contributed by atoms with Crippen LogP contribution in [0.3, 0.4) is 0 Å². The second-order valence-corrected chi connectivity index (χ2v) is 5.07. The smallest absolute Gasteiger partial charge is 0.251 e. The fourth-order valence-corrected chi connectivity index (χ4v) is 2.05. The molecule has 2 rings (SSSR count). The number of hydrogen-bond acceptors (Lipinski definition) is 6. The lowest BCUT2D eigenvalue weighted by Crippen LogP contribution is -2.22. The number of carbonyl (C=O) groups is 2. The van der Waals surface area contributed by atoms with E-state index in [0.717, 1.165) is 0 Å². The Morgan fingerprint density at radius 2 is 1.95 bits per heavy atom. The third-order valence-corrected chi connectivity index (χ3v) is 3.10. The molecule has 2 amide bonds. The molecule has 0 aliphatic carbocycles. The van der Waals surface area contributed by atoms with E-state index < -0.39 is 0 Å². The highest BCUT2D eigenvalue weighted by Crippen LogP contribution is 2.12. The van der Waals surface area contributed by atoms with E-state index in [2.05, 4.69) is 20.8 Å². The summed E-state index contributed by atoms with van der Waals surface area (Å²) in [5.74, 6) is -0.385. The average molecular weight is 291 g/mol. The summed E-state index contributed by atoms with van der Waals surface area (Å²) in [7, 11) is 0. The Morgan fingerprint density at radius 3 is 2.50 bits per heavy atom. The van der Waals surface area contributed by atoms with Crippen LogP contribution in [0, 0.1) is 0 Å². The van der Waals surface area contributed by atoms with Crippen molar-refractivity contribution in [2.45, 2.75) is 13.5 Å². The summed E-state index contributed by atoms with van der Waals surface area (Å²) in [6.07, 6.45) is 0. The quantitative estimate of drug-likeness (QED) is 0.778. The zero-order chi connectivity index (χ0) is 14.5. The number of nitrogens with zero attached hydrogens (tertiary/aromatic N) is 2. The van der Waals surface area contributed by atoms with Gasteiger partial charge in [-0.25, -0.2) is 0 Å². The van der Waals surface area contributed by atoms with Gasteiger partial charge in [-0.2, -0.15) is 0 Å². The molecule has 0 saturated heterocycles. The molecule has 4 N–H and O–H groups in total. The Bertz CT molecular complexity index is 623. The molecule has 0 spiro atoms. The van der Waals surface area contributed by atoms with Crippen molar-refractivity contribution < 1.29 is 9.59 Å². The number of hydrogen-bond donors (Lipinski definition) is 3. The molecule has 0 bridgehead atoms. The molecule has 2 aromatic rings. The molecule has 20 heavy (non-hydrogen) atoms. The number of nitrogens with one attached hydrogen (secondary N) is 2. The summed E-state index contributed by atoms with van der Waals surface area (Å²) in [5.41, 5.74) is 6.59. The minimum absolute atomic E-state index is 0.156. The predicted octanol–water partition coefficient (Wildman–Crippen LogP) is 1.01. The summed E-state index contributed by atoms with van der Waals surface area (Å²) in [5, 5.41) is 13.8. The van der Waals surface area contributed by atoms with Crippen LogP contribution >= 0.6 is 11.3 Å². The summed E-state index contributed by atoms with van der Waals surface area (Å²) >= 11 is 1.23. The van der Waals surface area contributed by atoms with Crippen LogP contribution in [-0.4, -0.2) is 22.0 Å². The Morgan fingerprint density at radius 1 is 1.25 bits per heavy atom. The first-order valence-electron chi connectivity index (χ1n) is 5.78. The highest BCUT2D eigenvalue weighted by Gasteiger charge is 2.07. The molecule has 1 heterocycles. The number of nitrogens with two attached hydrogens (primary N) is 1. The van der Waals surface area contributed by atoms with Crippen LogP contribution in [0.1, 0.15) is 22.3 Å². The van der Waals surface area contributed by atoms with Crippen molar-refractivity contribution >= 4 is 34.0 Å². The molecule has 1 aromatic carbocycles. The molecule has 0 radical (unpaired) electrons. The molecule has 104 valence electrons.